The summed E-state index contributed by atoms with van der Waals surface area (Å²) in [6, 6.07) is 11.1. The number of nitrogens with one attached hydrogen (secondary N) is 3. The first-order valence-electron chi connectivity index (χ1n) is 8.89. The van der Waals surface area contributed by atoms with Crippen LogP contribution in [0, 0.1) is 3.57 Å². The van der Waals surface area contributed by atoms with Gasteiger partial charge in [0.1, 0.15) is 33.8 Å². The normalized spacial score (nSPS) is 10.4. The smallest absolute Gasteiger partial charge is 0.244 e. The number of hydrogen-bond acceptors (Lipinski definition) is 7. The van der Waals surface area contributed by atoms with E-state index in [4.69, 9.17) is 32.7 Å². The summed E-state index contributed by atoms with van der Waals surface area (Å²) < 4.78 is 11.5. The molecule has 8 nitrogen and oxygen atoms in total. The maximum Gasteiger partial charge on any atom is 0.244 e. The predicted octanol–water partition coefficient (Wildman–Crippen LogP) is 5.20. The van der Waals surface area contributed by atoms with Crippen LogP contribution in [0.3, 0.4) is 0 Å². The molecule has 2 aromatic carbocycles. The Kier molecular flexibility index (Phi) is 7.99. The van der Waals surface area contributed by atoms with Gasteiger partial charge in [-0.3, -0.25) is 4.79 Å². The number of anilines is 4. The zero-order chi connectivity index (χ0) is 22.4. The van der Waals surface area contributed by atoms with E-state index in [2.05, 4.69) is 48.5 Å². The highest BCUT2D eigenvalue weighted by Crippen LogP contribution is 2.44. The summed E-state index contributed by atoms with van der Waals surface area (Å²) in [5, 5.41) is 9.33. The van der Waals surface area contributed by atoms with Crippen molar-refractivity contribution < 1.29 is 14.3 Å². The number of ether oxygens (including phenoxy) is 2. The van der Waals surface area contributed by atoms with Crippen molar-refractivity contribution in [3.8, 4) is 11.5 Å². The Balaban J connectivity index is 1.65. The Morgan fingerprint density at radius 2 is 1.84 bits per heavy atom. The van der Waals surface area contributed by atoms with Crippen LogP contribution >= 0.6 is 45.8 Å². The monoisotopic (exact) mass is 573 g/mol. The van der Waals surface area contributed by atoms with E-state index >= 15 is 0 Å². The zero-order valence-corrected chi connectivity index (χ0v) is 20.2. The van der Waals surface area contributed by atoms with Gasteiger partial charge in [0.25, 0.3) is 0 Å². The molecule has 0 atom stereocenters. The average Bonchev–Trinajstić information content (AvgIpc) is 2.74. The SMILES string of the molecule is COc1cc(NCC(=O)Nc2cc(Nc3cccc(I)c3)ncn2)c(Cl)c(OC)c1Cl. The highest BCUT2D eigenvalue weighted by molar-refractivity contribution is 14.1. The van der Waals surface area contributed by atoms with Crippen LogP contribution in [0.2, 0.25) is 10.0 Å². The van der Waals surface area contributed by atoms with E-state index in [9.17, 15) is 4.79 Å². The lowest BCUT2D eigenvalue weighted by atomic mass is 10.2. The number of amides is 1. The molecule has 1 aromatic heterocycles. The molecule has 0 radical (unpaired) electrons. The van der Waals surface area contributed by atoms with E-state index in [0.717, 1.165) is 9.26 Å². The van der Waals surface area contributed by atoms with Crippen molar-refractivity contribution >= 4 is 74.7 Å². The molecule has 1 heterocycles. The van der Waals surface area contributed by atoms with Gasteiger partial charge >= 0.3 is 0 Å². The fraction of sp³-hybridized carbons (Fsp3) is 0.150. The lowest BCUT2D eigenvalue weighted by Crippen LogP contribution is -2.22. The fourth-order valence-electron chi connectivity index (χ4n) is 2.62. The van der Waals surface area contributed by atoms with Gasteiger partial charge in [-0.1, -0.05) is 29.3 Å². The van der Waals surface area contributed by atoms with E-state index in [1.807, 2.05) is 24.3 Å². The third-order valence-electron chi connectivity index (χ3n) is 4.02. The number of benzene rings is 2. The Bertz CT molecular complexity index is 1100. The van der Waals surface area contributed by atoms with E-state index in [1.165, 1.54) is 20.5 Å². The van der Waals surface area contributed by atoms with Crippen molar-refractivity contribution in [1.82, 2.24) is 9.97 Å². The minimum atomic E-state index is -0.331. The molecule has 3 N–H and O–H groups in total. The maximum absolute atomic E-state index is 12.4. The molecule has 1 amide bonds. The minimum Gasteiger partial charge on any atom is -0.495 e. The standard InChI is InChI=1S/C20H18Cl2IN5O3/c1-30-14-7-13(18(21)20(31-2)19(14)22)24-9-17(29)28-16-8-15(25-10-26-16)27-12-5-3-4-11(23)6-12/h3-8,10,24H,9H2,1-2H3,(H2,25,26,27,28,29). The Morgan fingerprint density at radius 1 is 1.06 bits per heavy atom. The second-order valence-corrected chi connectivity index (χ2v) is 8.11. The van der Waals surface area contributed by atoms with E-state index in [1.54, 1.807) is 12.1 Å². The molecule has 3 rings (SSSR count). The lowest BCUT2D eigenvalue weighted by molar-refractivity contribution is -0.114. The summed E-state index contributed by atoms with van der Waals surface area (Å²) >= 11 is 14.7. The summed E-state index contributed by atoms with van der Waals surface area (Å²) in [6.45, 7) is -0.0721. The number of carbonyl (C=O) groups excluding carboxylic acids is 1. The summed E-state index contributed by atoms with van der Waals surface area (Å²) in [7, 11) is 2.92. The second-order valence-electron chi connectivity index (χ2n) is 6.11. The van der Waals surface area contributed by atoms with Gasteiger partial charge in [0.2, 0.25) is 5.91 Å². The fourth-order valence-corrected chi connectivity index (χ4v) is 3.80. The number of nitrogens with zero attached hydrogens (tertiary/aromatic N) is 2. The van der Waals surface area contributed by atoms with Gasteiger partial charge < -0.3 is 25.4 Å². The number of methoxy groups -OCH3 is 2. The first kappa shape index (κ1) is 23.2. The average molecular weight is 574 g/mol. The van der Waals surface area contributed by atoms with Crippen molar-refractivity contribution in [2.75, 3.05) is 36.7 Å². The van der Waals surface area contributed by atoms with Crippen LogP contribution < -0.4 is 25.4 Å². The van der Waals surface area contributed by atoms with Gasteiger partial charge in [0.05, 0.1) is 26.5 Å². The van der Waals surface area contributed by atoms with Crippen LogP contribution in [0.5, 0.6) is 11.5 Å². The van der Waals surface area contributed by atoms with Gasteiger partial charge in [0, 0.05) is 21.4 Å². The van der Waals surface area contributed by atoms with Crippen LogP contribution in [0.4, 0.5) is 23.0 Å². The molecule has 0 spiro atoms. The zero-order valence-electron chi connectivity index (χ0n) is 16.5. The summed E-state index contributed by atoms with van der Waals surface area (Å²) in [5.74, 6) is 1.20. The Morgan fingerprint density at radius 3 is 2.55 bits per heavy atom. The molecular formula is C20H18Cl2IN5O3. The van der Waals surface area contributed by atoms with Crippen molar-refractivity contribution in [2.45, 2.75) is 0 Å². The maximum atomic E-state index is 12.4. The van der Waals surface area contributed by atoms with E-state index < -0.39 is 0 Å². The molecule has 0 saturated heterocycles. The van der Waals surface area contributed by atoms with Crippen molar-refractivity contribution in [1.29, 1.82) is 0 Å². The number of aromatic nitrogens is 2. The Labute approximate surface area is 202 Å². The largest absolute Gasteiger partial charge is 0.495 e. The highest BCUT2D eigenvalue weighted by Gasteiger charge is 2.17. The van der Waals surface area contributed by atoms with E-state index in [-0.39, 0.29) is 28.2 Å². The van der Waals surface area contributed by atoms with Crippen LogP contribution in [-0.4, -0.2) is 36.6 Å². The van der Waals surface area contributed by atoms with Crippen molar-refractivity contribution in [3.05, 3.63) is 56.3 Å². The van der Waals surface area contributed by atoms with Gasteiger partial charge in [-0.05, 0) is 40.8 Å². The predicted molar refractivity (Wildman–Crippen MR) is 131 cm³/mol. The highest BCUT2D eigenvalue weighted by atomic mass is 127. The third kappa shape index (κ3) is 6.02. The molecule has 0 aliphatic rings. The molecule has 0 saturated carbocycles. The molecular weight excluding hydrogens is 556 g/mol. The summed E-state index contributed by atoms with van der Waals surface area (Å²) in [5.41, 5.74) is 1.32. The van der Waals surface area contributed by atoms with Crippen molar-refractivity contribution in [2.24, 2.45) is 0 Å². The third-order valence-corrected chi connectivity index (χ3v) is 5.43. The van der Waals surface area contributed by atoms with E-state index in [0.29, 0.717) is 23.1 Å². The summed E-state index contributed by atoms with van der Waals surface area (Å²) in [4.78, 5) is 20.7. The molecule has 0 aliphatic heterocycles. The van der Waals surface area contributed by atoms with Gasteiger partial charge in [-0.25, -0.2) is 9.97 Å². The molecule has 0 fully saturated rings. The van der Waals surface area contributed by atoms with Crippen molar-refractivity contribution in [3.63, 3.8) is 0 Å². The molecule has 0 bridgehead atoms. The number of hydrogen-bond donors (Lipinski definition) is 3. The number of carbonyl (C=O) groups is 1. The topological polar surface area (TPSA) is 97.4 Å². The number of rotatable bonds is 8. The molecule has 11 heteroatoms. The van der Waals surface area contributed by atoms with Crippen LogP contribution in [-0.2, 0) is 4.79 Å². The molecule has 0 unspecified atom stereocenters. The first-order chi connectivity index (χ1) is 14.9. The van der Waals surface area contributed by atoms with Crippen LogP contribution in [0.15, 0.2) is 42.7 Å². The second kappa shape index (κ2) is 10.7. The van der Waals surface area contributed by atoms with Crippen LogP contribution in [0.25, 0.3) is 0 Å². The molecule has 31 heavy (non-hydrogen) atoms. The molecule has 0 aliphatic carbocycles. The van der Waals surface area contributed by atoms with Gasteiger partial charge in [-0.15, -0.1) is 0 Å². The molecule has 3 aromatic rings. The quantitative estimate of drug-likeness (QED) is 0.319. The van der Waals surface area contributed by atoms with Crippen LogP contribution in [0.1, 0.15) is 0 Å². The Hall–Kier alpha value is -2.50. The first-order valence-corrected chi connectivity index (χ1v) is 10.7. The minimum absolute atomic E-state index is 0.0721. The summed E-state index contributed by atoms with van der Waals surface area (Å²) in [6.07, 6.45) is 1.37. The van der Waals surface area contributed by atoms with Gasteiger partial charge in [0.15, 0.2) is 5.75 Å². The number of halogens is 3. The molecule has 162 valence electrons. The lowest BCUT2D eigenvalue weighted by Gasteiger charge is -2.15. The van der Waals surface area contributed by atoms with Gasteiger partial charge in [-0.2, -0.15) is 0 Å².